The second-order valence-corrected chi connectivity index (χ2v) is 3.03. The third kappa shape index (κ3) is 1.92. The van der Waals surface area contributed by atoms with Gasteiger partial charge >= 0.3 is 0 Å². The number of nitrogens with one attached hydrogen (secondary N) is 1. The van der Waals surface area contributed by atoms with Crippen LogP contribution in [0.5, 0.6) is 0 Å². The molecule has 2 aromatic heterocycles. The Morgan fingerprint density at radius 1 is 1.40 bits per heavy atom. The fraction of sp³-hybridized carbons (Fsp3) is 0.100. The van der Waals surface area contributed by atoms with Gasteiger partial charge in [0.2, 0.25) is 0 Å². The molecule has 0 fully saturated rings. The van der Waals surface area contributed by atoms with E-state index in [-0.39, 0.29) is 12.1 Å². The molecular weight excluding hydrogens is 192 g/mol. The first-order valence-electron chi connectivity index (χ1n) is 4.50. The van der Waals surface area contributed by atoms with Crippen LogP contribution in [0.3, 0.4) is 0 Å². The highest BCUT2D eigenvalue weighted by atomic mass is 16.1. The topological polar surface area (TPSA) is 84.7 Å². The Balaban J connectivity index is 2.48. The van der Waals surface area contributed by atoms with Crippen LogP contribution in [0.1, 0.15) is 5.56 Å². The van der Waals surface area contributed by atoms with Crippen molar-refractivity contribution in [2.24, 2.45) is 5.73 Å². The zero-order chi connectivity index (χ0) is 10.7. The Labute approximate surface area is 86.0 Å². The zero-order valence-corrected chi connectivity index (χ0v) is 7.97. The summed E-state index contributed by atoms with van der Waals surface area (Å²) in [6, 6.07) is 3.61. The smallest absolute Gasteiger partial charge is 0.255 e. The number of nitrogens with two attached hydrogens (primary N) is 1. The molecule has 76 valence electrons. The van der Waals surface area contributed by atoms with Crippen molar-refractivity contribution in [2.45, 2.75) is 6.54 Å². The molecule has 0 amide bonds. The summed E-state index contributed by atoms with van der Waals surface area (Å²) < 4.78 is 0. The lowest BCUT2D eigenvalue weighted by atomic mass is 10.2. The van der Waals surface area contributed by atoms with E-state index >= 15 is 0 Å². The van der Waals surface area contributed by atoms with Crippen molar-refractivity contribution in [1.29, 1.82) is 0 Å². The monoisotopic (exact) mass is 202 g/mol. The molecule has 0 saturated heterocycles. The first-order valence-corrected chi connectivity index (χ1v) is 4.50. The molecule has 15 heavy (non-hydrogen) atoms. The summed E-state index contributed by atoms with van der Waals surface area (Å²) in [4.78, 5) is 22.2. The molecule has 2 rings (SSSR count). The predicted molar refractivity (Wildman–Crippen MR) is 56.0 cm³/mol. The summed E-state index contributed by atoms with van der Waals surface area (Å²) in [6.45, 7) is 0.190. The number of hydrogen-bond acceptors (Lipinski definition) is 4. The van der Waals surface area contributed by atoms with E-state index in [1.54, 1.807) is 18.5 Å². The quantitative estimate of drug-likeness (QED) is 0.733. The zero-order valence-electron chi connectivity index (χ0n) is 7.97. The summed E-state index contributed by atoms with van der Waals surface area (Å²) >= 11 is 0. The van der Waals surface area contributed by atoms with E-state index in [2.05, 4.69) is 15.0 Å². The number of hydrogen-bond donors (Lipinski definition) is 2. The fourth-order valence-corrected chi connectivity index (χ4v) is 1.22. The molecule has 0 aliphatic carbocycles. The Bertz CT molecular complexity index is 506. The molecule has 0 aliphatic heterocycles. The average molecular weight is 202 g/mol. The lowest BCUT2D eigenvalue weighted by Crippen LogP contribution is -2.17. The average Bonchev–Trinajstić information content (AvgIpc) is 2.30. The highest BCUT2D eigenvalue weighted by molar-refractivity contribution is 5.52. The second kappa shape index (κ2) is 4.02. The molecule has 0 atom stereocenters. The van der Waals surface area contributed by atoms with E-state index in [9.17, 15) is 4.79 Å². The van der Waals surface area contributed by atoms with Crippen molar-refractivity contribution in [3.05, 3.63) is 46.6 Å². The molecule has 0 aromatic carbocycles. The number of pyridine rings is 1. The lowest BCUT2D eigenvalue weighted by molar-refractivity contribution is 0.978. The Hall–Kier alpha value is -2.01. The third-order valence-corrected chi connectivity index (χ3v) is 2.03. The first kappa shape index (κ1) is 9.54. The number of H-pyrrole nitrogens is 1. The van der Waals surface area contributed by atoms with Gasteiger partial charge in [-0.25, -0.2) is 4.98 Å². The molecule has 0 spiro atoms. The summed E-state index contributed by atoms with van der Waals surface area (Å²) in [6.07, 6.45) is 4.79. The minimum atomic E-state index is -0.202. The van der Waals surface area contributed by atoms with Crippen LogP contribution in [0.4, 0.5) is 0 Å². The minimum Gasteiger partial charge on any atom is -0.326 e. The Morgan fingerprint density at radius 3 is 2.87 bits per heavy atom. The van der Waals surface area contributed by atoms with Crippen LogP contribution in [0.2, 0.25) is 0 Å². The maximum atomic E-state index is 11.4. The van der Waals surface area contributed by atoms with Crippen molar-refractivity contribution in [1.82, 2.24) is 15.0 Å². The van der Waals surface area contributed by atoms with Gasteiger partial charge in [0.05, 0.1) is 0 Å². The number of rotatable bonds is 2. The molecular formula is C10H10N4O. The summed E-state index contributed by atoms with van der Waals surface area (Å²) in [5.74, 6) is 0.505. The van der Waals surface area contributed by atoms with Crippen LogP contribution in [-0.2, 0) is 6.54 Å². The first-order chi connectivity index (χ1) is 7.31. The van der Waals surface area contributed by atoms with E-state index in [0.717, 1.165) is 5.56 Å². The standard InChI is InChI=1S/C10H10N4O/c11-4-8-6-13-9(14-10(8)15)7-2-1-3-12-5-7/h1-3,5-6H,4,11H2,(H,13,14,15). The molecule has 2 heterocycles. The summed E-state index contributed by atoms with van der Waals surface area (Å²) in [5.41, 5.74) is 6.42. The van der Waals surface area contributed by atoms with Gasteiger partial charge in [0.15, 0.2) is 0 Å². The van der Waals surface area contributed by atoms with Gasteiger partial charge in [0, 0.05) is 36.3 Å². The molecule has 5 heteroatoms. The maximum Gasteiger partial charge on any atom is 0.255 e. The van der Waals surface area contributed by atoms with Gasteiger partial charge in [0.1, 0.15) is 5.82 Å². The van der Waals surface area contributed by atoms with Crippen molar-refractivity contribution >= 4 is 0 Å². The van der Waals surface area contributed by atoms with Crippen LogP contribution >= 0.6 is 0 Å². The highest BCUT2D eigenvalue weighted by Crippen LogP contribution is 2.09. The predicted octanol–water partition coefficient (Wildman–Crippen LogP) is 0.291. The van der Waals surface area contributed by atoms with Gasteiger partial charge in [0.25, 0.3) is 5.56 Å². The molecule has 2 aromatic rings. The van der Waals surface area contributed by atoms with Crippen molar-refractivity contribution in [3.8, 4) is 11.4 Å². The minimum absolute atomic E-state index is 0.190. The van der Waals surface area contributed by atoms with Crippen molar-refractivity contribution in [2.75, 3.05) is 0 Å². The Kier molecular flexibility index (Phi) is 2.55. The maximum absolute atomic E-state index is 11.4. The summed E-state index contributed by atoms with van der Waals surface area (Å²) in [7, 11) is 0. The SMILES string of the molecule is NCc1cnc(-c2cccnc2)[nH]c1=O. The van der Waals surface area contributed by atoms with E-state index in [1.807, 2.05) is 6.07 Å². The lowest BCUT2D eigenvalue weighted by Gasteiger charge is -2.00. The van der Waals surface area contributed by atoms with E-state index < -0.39 is 0 Å². The fourth-order valence-electron chi connectivity index (χ4n) is 1.22. The van der Waals surface area contributed by atoms with Crippen LogP contribution in [0.15, 0.2) is 35.5 Å². The number of aromatic nitrogens is 3. The largest absolute Gasteiger partial charge is 0.326 e. The third-order valence-electron chi connectivity index (χ3n) is 2.03. The molecule has 0 radical (unpaired) electrons. The molecule has 0 bridgehead atoms. The van der Waals surface area contributed by atoms with Crippen molar-refractivity contribution in [3.63, 3.8) is 0 Å². The number of nitrogens with zero attached hydrogens (tertiary/aromatic N) is 2. The van der Waals surface area contributed by atoms with Crippen LogP contribution in [-0.4, -0.2) is 15.0 Å². The van der Waals surface area contributed by atoms with Gasteiger partial charge in [-0.3, -0.25) is 9.78 Å². The van der Waals surface area contributed by atoms with Crippen LogP contribution in [0, 0.1) is 0 Å². The molecule has 0 unspecified atom stereocenters. The highest BCUT2D eigenvalue weighted by Gasteiger charge is 2.02. The van der Waals surface area contributed by atoms with Crippen LogP contribution in [0.25, 0.3) is 11.4 Å². The molecule has 0 aliphatic rings. The van der Waals surface area contributed by atoms with Gasteiger partial charge in [-0.05, 0) is 12.1 Å². The van der Waals surface area contributed by atoms with Gasteiger partial charge < -0.3 is 10.7 Å². The van der Waals surface area contributed by atoms with Gasteiger partial charge in [-0.2, -0.15) is 0 Å². The molecule has 0 saturated carbocycles. The van der Waals surface area contributed by atoms with Crippen LogP contribution < -0.4 is 11.3 Å². The van der Waals surface area contributed by atoms with Gasteiger partial charge in [-0.1, -0.05) is 0 Å². The Morgan fingerprint density at radius 2 is 2.27 bits per heavy atom. The number of aromatic amines is 1. The van der Waals surface area contributed by atoms with Gasteiger partial charge in [-0.15, -0.1) is 0 Å². The van der Waals surface area contributed by atoms with E-state index in [0.29, 0.717) is 11.4 Å². The second-order valence-electron chi connectivity index (χ2n) is 3.03. The summed E-state index contributed by atoms with van der Waals surface area (Å²) in [5, 5.41) is 0. The molecule has 5 nitrogen and oxygen atoms in total. The van der Waals surface area contributed by atoms with E-state index in [4.69, 9.17) is 5.73 Å². The normalized spacial score (nSPS) is 10.2. The molecule has 3 N–H and O–H groups in total. The van der Waals surface area contributed by atoms with Crippen molar-refractivity contribution < 1.29 is 0 Å². The van der Waals surface area contributed by atoms with E-state index in [1.165, 1.54) is 6.20 Å².